The van der Waals surface area contributed by atoms with Crippen molar-refractivity contribution < 1.29 is 9.53 Å². The highest BCUT2D eigenvalue weighted by atomic mass is 16.5. The van der Waals surface area contributed by atoms with Gasteiger partial charge in [0.1, 0.15) is 6.54 Å². The Kier molecular flexibility index (Phi) is 5.89. The molecule has 0 aromatic carbocycles. The molecule has 1 unspecified atom stereocenters. The van der Waals surface area contributed by atoms with Crippen molar-refractivity contribution in [1.82, 2.24) is 10.6 Å². The number of carbonyl (C=O) groups is 1. The van der Waals surface area contributed by atoms with Crippen LogP contribution in [0.4, 0.5) is 0 Å². The van der Waals surface area contributed by atoms with Gasteiger partial charge in [0, 0.05) is 13.2 Å². The highest BCUT2D eigenvalue weighted by Crippen LogP contribution is 2.10. The summed E-state index contributed by atoms with van der Waals surface area (Å²) in [4.78, 5) is 15.0. The molecule has 0 spiro atoms. The van der Waals surface area contributed by atoms with Gasteiger partial charge in [0.25, 0.3) is 0 Å². The number of nitrogens with one attached hydrogen (secondary N) is 2. The molecule has 4 N–H and O–H groups in total. The third-order valence-electron chi connectivity index (χ3n) is 2.32. The molecule has 0 saturated carbocycles. The van der Waals surface area contributed by atoms with Gasteiger partial charge in [-0.2, -0.15) is 0 Å². The van der Waals surface area contributed by atoms with Crippen LogP contribution in [-0.2, 0) is 9.53 Å². The van der Waals surface area contributed by atoms with E-state index in [9.17, 15) is 4.79 Å². The second-order valence-corrected chi connectivity index (χ2v) is 3.70. The minimum Gasteiger partial charge on any atom is -0.376 e. The highest BCUT2D eigenvalue weighted by Gasteiger charge is 2.14. The van der Waals surface area contributed by atoms with Crippen molar-refractivity contribution in [2.75, 3.05) is 26.2 Å². The normalized spacial score (nSPS) is 19.7. The molecule has 0 radical (unpaired) electrons. The van der Waals surface area contributed by atoms with Gasteiger partial charge in [-0.05, 0) is 12.8 Å². The number of nitrogens with zero attached hydrogens (tertiary/aromatic N) is 1. The van der Waals surface area contributed by atoms with Crippen molar-refractivity contribution >= 4 is 11.9 Å². The van der Waals surface area contributed by atoms with E-state index in [1.54, 1.807) is 0 Å². The summed E-state index contributed by atoms with van der Waals surface area (Å²) in [5, 5.41) is 5.41. The summed E-state index contributed by atoms with van der Waals surface area (Å²) in [5.41, 5.74) is 5.59. The Morgan fingerprint density at radius 3 is 3.06 bits per heavy atom. The van der Waals surface area contributed by atoms with Crippen LogP contribution in [0.1, 0.15) is 12.8 Å². The summed E-state index contributed by atoms with van der Waals surface area (Å²) in [6, 6.07) is 0. The van der Waals surface area contributed by atoms with E-state index >= 15 is 0 Å². The van der Waals surface area contributed by atoms with E-state index in [1.165, 1.54) is 0 Å². The SMILES string of the molecule is C#CCNC(=O)CN=C(N)NCC1CCCO1. The fraction of sp³-hybridized carbons (Fsp3) is 0.636. The Balaban J connectivity index is 2.15. The van der Waals surface area contributed by atoms with Crippen molar-refractivity contribution in [3.8, 4) is 12.3 Å². The van der Waals surface area contributed by atoms with Gasteiger partial charge in [-0.1, -0.05) is 5.92 Å². The number of guanidine groups is 1. The quantitative estimate of drug-likeness (QED) is 0.319. The van der Waals surface area contributed by atoms with Crippen molar-refractivity contribution in [3.05, 3.63) is 0 Å². The molecule has 1 saturated heterocycles. The summed E-state index contributed by atoms with van der Waals surface area (Å²) in [6.45, 7) is 1.61. The van der Waals surface area contributed by atoms with Gasteiger partial charge < -0.3 is 21.1 Å². The molecule has 6 heteroatoms. The average Bonchev–Trinajstić information content (AvgIpc) is 2.84. The Morgan fingerprint density at radius 2 is 2.41 bits per heavy atom. The molecule has 0 aromatic rings. The average molecular weight is 238 g/mol. The van der Waals surface area contributed by atoms with Crippen molar-refractivity contribution in [2.24, 2.45) is 10.7 Å². The molecule has 1 rings (SSSR count). The molecule has 0 aliphatic carbocycles. The van der Waals surface area contributed by atoms with Crippen LogP contribution in [0.25, 0.3) is 0 Å². The molecule has 1 atom stereocenters. The first-order valence-electron chi connectivity index (χ1n) is 5.58. The first kappa shape index (κ1) is 13.3. The maximum absolute atomic E-state index is 11.1. The Morgan fingerprint density at radius 1 is 1.59 bits per heavy atom. The van der Waals surface area contributed by atoms with Gasteiger partial charge in [-0.15, -0.1) is 6.42 Å². The molecule has 0 bridgehead atoms. The third kappa shape index (κ3) is 5.78. The summed E-state index contributed by atoms with van der Waals surface area (Å²) in [6.07, 6.45) is 7.30. The van der Waals surface area contributed by atoms with E-state index in [-0.39, 0.29) is 31.1 Å². The zero-order chi connectivity index (χ0) is 12.5. The predicted molar refractivity (Wildman–Crippen MR) is 65.3 cm³/mol. The summed E-state index contributed by atoms with van der Waals surface area (Å²) in [7, 11) is 0. The number of amides is 1. The molecule has 1 aliphatic heterocycles. The van der Waals surface area contributed by atoms with Crippen LogP contribution in [-0.4, -0.2) is 44.2 Å². The van der Waals surface area contributed by atoms with E-state index in [0.29, 0.717) is 6.54 Å². The van der Waals surface area contributed by atoms with E-state index in [1.807, 2.05) is 0 Å². The van der Waals surface area contributed by atoms with Gasteiger partial charge in [-0.25, -0.2) is 4.99 Å². The minimum absolute atomic E-state index is 0.0218. The van der Waals surface area contributed by atoms with Gasteiger partial charge >= 0.3 is 0 Å². The lowest BCUT2D eigenvalue weighted by Gasteiger charge is -2.10. The van der Waals surface area contributed by atoms with Gasteiger partial charge in [0.2, 0.25) is 5.91 Å². The number of carbonyl (C=O) groups excluding carboxylic acids is 1. The van der Waals surface area contributed by atoms with Crippen LogP contribution in [0.3, 0.4) is 0 Å². The van der Waals surface area contributed by atoms with Gasteiger partial charge in [0.05, 0.1) is 12.6 Å². The number of hydrogen-bond donors (Lipinski definition) is 3. The number of terminal acetylenes is 1. The molecule has 1 aliphatic rings. The lowest BCUT2D eigenvalue weighted by atomic mass is 10.2. The lowest BCUT2D eigenvalue weighted by molar-refractivity contribution is -0.119. The van der Waals surface area contributed by atoms with Crippen molar-refractivity contribution in [1.29, 1.82) is 0 Å². The van der Waals surface area contributed by atoms with Crippen LogP contribution in [0.15, 0.2) is 4.99 Å². The summed E-state index contributed by atoms with van der Waals surface area (Å²) < 4.78 is 5.41. The smallest absolute Gasteiger partial charge is 0.242 e. The second-order valence-electron chi connectivity index (χ2n) is 3.70. The zero-order valence-corrected chi connectivity index (χ0v) is 9.74. The number of nitrogens with two attached hydrogens (primary N) is 1. The first-order chi connectivity index (χ1) is 8.22. The van der Waals surface area contributed by atoms with Crippen LogP contribution < -0.4 is 16.4 Å². The molecule has 94 valence electrons. The number of aliphatic imine (C=N–C) groups is 1. The van der Waals surface area contributed by atoms with Gasteiger partial charge in [-0.3, -0.25) is 4.79 Å². The summed E-state index contributed by atoms with van der Waals surface area (Å²) >= 11 is 0. The topological polar surface area (TPSA) is 88.7 Å². The number of ether oxygens (including phenoxy) is 1. The lowest BCUT2D eigenvalue weighted by Crippen LogP contribution is -2.38. The third-order valence-corrected chi connectivity index (χ3v) is 2.32. The van der Waals surface area contributed by atoms with Crippen molar-refractivity contribution in [2.45, 2.75) is 18.9 Å². The molecule has 1 fully saturated rings. The molecule has 6 nitrogen and oxygen atoms in total. The van der Waals surface area contributed by atoms with Crippen LogP contribution in [0.5, 0.6) is 0 Å². The molecular formula is C11H18N4O2. The molecule has 17 heavy (non-hydrogen) atoms. The molecule has 1 heterocycles. The van der Waals surface area contributed by atoms with E-state index in [4.69, 9.17) is 16.9 Å². The van der Waals surface area contributed by atoms with E-state index in [2.05, 4.69) is 21.5 Å². The Hall–Kier alpha value is -1.74. The van der Waals surface area contributed by atoms with Crippen LogP contribution in [0.2, 0.25) is 0 Å². The number of hydrogen-bond acceptors (Lipinski definition) is 3. The highest BCUT2D eigenvalue weighted by molar-refractivity contribution is 5.84. The van der Waals surface area contributed by atoms with E-state index < -0.39 is 0 Å². The fourth-order valence-electron chi connectivity index (χ4n) is 1.44. The molecule has 1 amide bonds. The van der Waals surface area contributed by atoms with E-state index in [0.717, 1.165) is 19.4 Å². The largest absolute Gasteiger partial charge is 0.376 e. The first-order valence-corrected chi connectivity index (χ1v) is 5.58. The standard InChI is InChI=1S/C11H18N4O2/c1-2-5-13-10(16)8-15-11(12)14-7-9-4-3-6-17-9/h1,9H,3-8H2,(H,13,16)(H3,12,14,15). The molecular weight excluding hydrogens is 220 g/mol. The summed E-state index contributed by atoms with van der Waals surface area (Å²) in [5.74, 6) is 2.31. The zero-order valence-electron chi connectivity index (χ0n) is 9.74. The Bertz CT molecular complexity index is 316. The van der Waals surface area contributed by atoms with Crippen LogP contribution in [0, 0.1) is 12.3 Å². The molecule has 0 aromatic heterocycles. The van der Waals surface area contributed by atoms with Crippen molar-refractivity contribution in [3.63, 3.8) is 0 Å². The minimum atomic E-state index is -0.246. The number of rotatable bonds is 5. The second kappa shape index (κ2) is 7.52. The van der Waals surface area contributed by atoms with Crippen LogP contribution >= 0.6 is 0 Å². The maximum Gasteiger partial charge on any atom is 0.242 e. The Labute approximate surface area is 101 Å². The monoisotopic (exact) mass is 238 g/mol. The maximum atomic E-state index is 11.1. The predicted octanol–water partition coefficient (Wildman–Crippen LogP) is -1.18. The fourth-order valence-corrected chi connectivity index (χ4v) is 1.44. The van der Waals surface area contributed by atoms with Gasteiger partial charge in [0.15, 0.2) is 5.96 Å².